The van der Waals surface area contributed by atoms with Crippen molar-refractivity contribution in [3.05, 3.63) is 58.9 Å². The summed E-state index contributed by atoms with van der Waals surface area (Å²) in [6.45, 7) is 0. The van der Waals surface area contributed by atoms with Crippen LogP contribution in [0, 0.1) is 5.82 Å². The van der Waals surface area contributed by atoms with Crippen LogP contribution in [0.25, 0.3) is 11.1 Å². The Bertz CT molecular complexity index is 492. The molecule has 0 fully saturated rings. The van der Waals surface area contributed by atoms with Gasteiger partial charge in [0.25, 0.3) is 0 Å². The van der Waals surface area contributed by atoms with E-state index in [4.69, 9.17) is 23.2 Å². The third-order valence-corrected chi connectivity index (χ3v) is 3.01. The van der Waals surface area contributed by atoms with Crippen molar-refractivity contribution >= 4 is 23.2 Å². The first-order valence-electron chi connectivity index (χ1n) is 4.81. The summed E-state index contributed by atoms with van der Waals surface area (Å²) in [5.41, 5.74) is 2.79. The van der Waals surface area contributed by atoms with E-state index < -0.39 is 0 Å². The maximum Gasteiger partial charge on any atom is 0.123 e. The van der Waals surface area contributed by atoms with E-state index >= 15 is 0 Å². The Morgan fingerprint density at radius 3 is 2.12 bits per heavy atom. The molecule has 16 heavy (non-hydrogen) atoms. The van der Waals surface area contributed by atoms with Gasteiger partial charge in [0.05, 0.1) is 0 Å². The fraction of sp³-hybridized carbons (Fsp3) is 0.0769. The van der Waals surface area contributed by atoms with Crippen LogP contribution >= 0.6 is 23.2 Å². The minimum atomic E-state index is -0.243. The molecule has 0 aromatic heterocycles. The Morgan fingerprint density at radius 2 is 1.56 bits per heavy atom. The van der Waals surface area contributed by atoms with Crippen LogP contribution in [0.3, 0.4) is 0 Å². The van der Waals surface area contributed by atoms with Crippen molar-refractivity contribution in [1.82, 2.24) is 0 Å². The van der Waals surface area contributed by atoms with Crippen LogP contribution in [0.15, 0.2) is 42.5 Å². The molecule has 2 aromatic carbocycles. The van der Waals surface area contributed by atoms with Crippen LogP contribution in [-0.4, -0.2) is 0 Å². The first-order chi connectivity index (χ1) is 7.70. The average Bonchev–Trinajstić information content (AvgIpc) is 2.30. The van der Waals surface area contributed by atoms with Crippen LogP contribution in [-0.2, 0) is 5.88 Å². The van der Waals surface area contributed by atoms with Crippen molar-refractivity contribution in [2.45, 2.75) is 5.88 Å². The lowest BCUT2D eigenvalue weighted by Crippen LogP contribution is -1.83. The van der Waals surface area contributed by atoms with E-state index in [0.29, 0.717) is 10.9 Å². The number of benzene rings is 2. The van der Waals surface area contributed by atoms with Gasteiger partial charge in [-0.2, -0.15) is 0 Å². The van der Waals surface area contributed by atoms with Crippen LogP contribution in [0.4, 0.5) is 4.39 Å². The lowest BCUT2D eigenvalue weighted by Gasteiger charge is -2.05. The SMILES string of the molecule is Fc1ccc(-c2ccc(CCl)c(Cl)c2)cc1. The molecule has 0 aliphatic rings. The minimum absolute atomic E-state index is 0.243. The maximum atomic E-state index is 12.8. The number of hydrogen-bond acceptors (Lipinski definition) is 0. The minimum Gasteiger partial charge on any atom is -0.207 e. The molecule has 0 saturated heterocycles. The van der Waals surface area contributed by atoms with Crippen molar-refractivity contribution in [2.75, 3.05) is 0 Å². The summed E-state index contributed by atoms with van der Waals surface area (Å²) >= 11 is 11.8. The molecule has 0 nitrogen and oxygen atoms in total. The molecule has 0 bridgehead atoms. The van der Waals surface area contributed by atoms with Gasteiger partial charge >= 0.3 is 0 Å². The van der Waals surface area contributed by atoms with Crippen molar-refractivity contribution in [3.63, 3.8) is 0 Å². The van der Waals surface area contributed by atoms with Gasteiger partial charge in [0.2, 0.25) is 0 Å². The summed E-state index contributed by atoms with van der Waals surface area (Å²) in [5.74, 6) is 0.148. The summed E-state index contributed by atoms with van der Waals surface area (Å²) < 4.78 is 12.8. The highest BCUT2D eigenvalue weighted by molar-refractivity contribution is 6.32. The molecule has 2 aromatic rings. The van der Waals surface area contributed by atoms with Gasteiger partial charge in [0, 0.05) is 10.9 Å². The van der Waals surface area contributed by atoms with Gasteiger partial charge < -0.3 is 0 Å². The number of hydrogen-bond donors (Lipinski definition) is 0. The van der Waals surface area contributed by atoms with E-state index in [-0.39, 0.29) is 5.82 Å². The molecule has 82 valence electrons. The number of alkyl halides is 1. The van der Waals surface area contributed by atoms with Crippen LogP contribution in [0.2, 0.25) is 5.02 Å². The van der Waals surface area contributed by atoms with Crippen molar-refractivity contribution in [1.29, 1.82) is 0 Å². The molecule has 0 N–H and O–H groups in total. The number of rotatable bonds is 2. The molecule has 2 rings (SSSR count). The predicted octanol–water partition coefficient (Wildman–Crippen LogP) is 4.88. The first kappa shape index (κ1) is 11.4. The Kier molecular flexibility index (Phi) is 3.47. The zero-order valence-electron chi connectivity index (χ0n) is 8.38. The Hall–Kier alpha value is -1.05. The van der Waals surface area contributed by atoms with E-state index in [2.05, 4.69) is 0 Å². The van der Waals surface area contributed by atoms with Crippen LogP contribution in [0.5, 0.6) is 0 Å². The summed E-state index contributed by atoms with van der Waals surface area (Å²) in [4.78, 5) is 0. The largest absolute Gasteiger partial charge is 0.207 e. The van der Waals surface area contributed by atoms with Gasteiger partial charge in [-0.3, -0.25) is 0 Å². The quantitative estimate of drug-likeness (QED) is 0.670. The average molecular weight is 255 g/mol. The number of halogens is 3. The maximum absolute atomic E-state index is 12.8. The normalized spacial score (nSPS) is 10.4. The Labute approximate surface area is 104 Å². The van der Waals surface area contributed by atoms with Crippen molar-refractivity contribution in [3.8, 4) is 11.1 Å². The van der Waals surface area contributed by atoms with Crippen molar-refractivity contribution in [2.24, 2.45) is 0 Å². The highest BCUT2D eigenvalue weighted by Gasteiger charge is 2.03. The van der Waals surface area contributed by atoms with Gasteiger partial charge in [0.15, 0.2) is 0 Å². The fourth-order valence-electron chi connectivity index (χ4n) is 1.48. The molecule has 0 heterocycles. The predicted molar refractivity (Wildman–Crippen MR) is 66.4 cm³/mol. The lowest BCUT2D eigenvalue weighted by atomic mass is 10.0. The van der Waals surface area contributed by atoms with Gasteiger partial charge in [-0.1, -0.05) is 35.9 Å². The summed E-state index contributed by atoms with van der Waals surface area (Å²) in [7, 11) is 0. The second kappa shape index (κ2) is 4.86. The van der Waals surface area contributed by atoms with E-state index in [1.54, 1.807) is 12.1 Å². The molecule has 0 aliphatic heterocycles. The third-order valence-electron chi connectivity index (χ3n) is 2.37. The molecular weight excluding hydrogens is 246 g/mol. The van der Waals surface area contributed by atoms with Gasteiger partial charge in [0.1, 0.15) is 5.82 Å². The molecule has 0 unspecified atom stereocenters. The van der Waals surface area contributed by atoms with Crippen LogP contribution < -0.4 is 0 Å². The molecule has 0 radical (unpaired) electrons. The highest BCUT2D eigenvalue weighted by Crippen LogP contribution is 2.26. The zero-order chi connectivity index (χ0) is 11.5. The standard InChI is InChI=1S/C13H9Cl2F/c14-8-11-2-1-10(7-13(11)15)9-3-5-12(16)6-4-9/h1-7H,8H2. The van der Waals surface area contributed by atoms with E-state index in [0.717, 1.165) is 16.7 Å². The topological polar surface area (TPSA) is 0 Å². The first-order valence-corrected chi connectivity index (χ1v) is 5.72. The monoisotopic (exact) mass is 254 g/mol. The Balaban J connectivity index is 2.41. The van der Waals surface area contributed by atoms with Crippen molar-refractivity contribution < 1.29 is 4.39 Å². The van der Waals surface area contributed by atoms with E-state index in [9.17, 15) is 4.39 Å². The van der Waals surface area contributed by atoms with Gasteiger partial charge in [-0.15, -0.1) is 11.6 Å². The third kappa shape index (κ3) is 2.37. The lowest BCUT2D eigenvalue weighted by molar-refractivity contribution is 0.628. The summed E-state index contributed by atoms with van der Waals surface area (Å²) in [6.07, 6.45) is 0. The molecular formula is C13H9Cl2F. The molecule has 0 amide bonds. The molecule has 0 spiro atoms. The molecule has 0 saturated carbocycles. The highest BCUT2D eigenvalue weighted by atomic mass is 35.5. The molecule has 0 atom stereocenters. The zero-order valence-corrected chi connectivity index (χ0v) is 9.89. The fourth-order valence-corrected chi connectivity index (χ4v) is 2.03. The Morgan fingerprint density at radius 1 is 0.938 bits per heavy atom. The summed E-state index contributed by atoms with van der Waals surface area (Å²) in [5, 5.41) is 0.636. The molecule has 3 heteroatoms. The van der Waals surface area contributed by atoms with E-state index in [1.165, 1.54) is 12.1 Å². The second-order valence-corrected chi connectivity index (χ2v) is 4.12. The van der Waals surface area contributed by atoms with Gasteiger partial charge in [-0.25, -0.2) is 4.39 Å². The van der Waals surface area contributed by atoms with Gasteiger partial charge in [-0.05, 0) is 34.9 Å². The van der Waals surface area contributed by atoms with Crippen LogP contribution in [0.1, 0.15) is 5.56 Å². The summed E-state index contributed by atoms with van der Waals surface area (Å²) in [6, 6.07) is 12.0. The second-order valence-electron chi connectivity index (χ2n) is 3.45. The molecule has 0 aliphatic carbocycles. The smallest absolute Gasteiger partial charge is 0.123 e. The van der Waals surface area contributed by atoms with E-state index in [1.807, 2.05) is 18.2 Å².